The normalized spacial score (nSPS) is 12.2. The minimum atomic E-state index is -0.249. The molecule has 0 bridgehead atoms. The van der Waals surface area contributed by atoms with Crippen molar-refractivity contribution in [3.05, 3.63) is 65.7 Å². The number of rotatable bonds is 4. The van der Waals surface area contributed by atoms with Gasteiger partial charge in [-0.15, -0.1) is 0 Å². The lowest BCUT2D eigenvalue weighted by molar-refractivity contribution is 0.0955. The second-order valence-electron chi connectivity index (χ2n) is 4.54. The second kappa shape index (κ2) is 6.52. The summed E-state index contributed by atoms with van der Waals surface area (Å²) in [6, 6.07) is 16.7. The summed E-state index contributed by atoms with van der Waals surface area (Å²) in [5, 5.41) is 3.99. The van der Waals surface area contributed by atoms with E-state index < -0.39 is 0 Å². The van der Waals surface area contributed by atoms with Gasteiger partial charge in [0.25, 0.3) is 5.91 Å². The van der Waals surface area contributed by atoms with E-state index in [-0.39, 0.29) is 11.8 Å². The number of benzene rings is 2. The minimum Gasteiger partial charge on any atom is -0.399 e. The molecule has 2 aromatic carbocycles. The minimum absolute atomic E-state index is 0.142. The molecule has 102 valence electrons. The number of hydrogen-bond acceptors (Lipinski definition) is 3. The zero-order valence-corrected chi connectivity index (χ0v) is 11.3. The molecule has 4 heteroatoms. The summed E-state index contributed by atoms with van der Waals surface area (Å²) in [5.74, 6) is -0.107. The molecule has 4 nitrogen and oxygen atoms in total. The summed E-state index contributed by atoms with van der Waals surface area (Å²) in [4.78, 5) is 11.8. The summed E-state index contributed by atoms with van der Waals surface area (Å²) in [5.41, 5.74) is 10.4. The maximum atomic E-state index is 11.8. The van der Waals surface area contributed by atoms with Crippen molar-refractivity contribution < 1.29 is 4.79 Å². The van der Waals surface area contributed by atoms with Gasteiger partial charge in [-0.25, -0.2) is 5.43 Å². The maximum absolute atomic E-state index is 11.8. The van der Waals surface area contributed by atoms with Crippen molar-refractivity contribution >= 4 is 17.8 Å². The molecular weight excluding hydrogens is 250 g/mol. The van der Waals surface area contributed by atoms with Crippen molar-refractivity contribution in [3.8, 4) is 0 Å². The first-order chi connectivity index (χ1) is 9.66. The molecule has 1 amide bonds. The fourth-order valence-electron chi connectivity index (χ4n) is 1.75. The van der Waals surface area contributed by atoms with Gasteiger partial charge in [0.15, 0.2) is 0 Å². The largest absolute Gasteiger partial charge is 0.399 e. The number of nitrogens with two attached hydrogens (primary N) is 1. The van der Waals surface area contributed by atoms with E-state index in [9.17, 15) is 4.79 Å². The summed E-state index contributed by atoms with van der Waals surface area (Å²) in [6.07, 6.45) is 1.71. The standard InChI is InChI=1S/C16H17N3O/c1-12(13-5-3-2-4-6-13)11-18-19-16(20)14-7-9-15(17)10-8-14/h2-12H,17H2,1H3,(H,19,20)/b18-11-/t12-/m0/s1. The third-order valence-electron chi connectivity index (χ3n) is 2.96. The molecule has 2 aromatic rings. The third-order valence-corrected chi connectivity index (χ3v) is 2.96. The van der Waals surface area contributed by atoms with E-state index in [4.69, 9.17) is 5.73 Å². The van der Waals surface area contributed by atoms with Crippen LogP contribution in [0, 0.1) is 0 Å². The van der Waals surface area contributed by atoms with Crippen molar-refractivity contribution in [3.63, 3.8) is 0 Å². The van der Waals surface area contributed by atoms with Crippen LogP contribution in [0.25, 0.3) is 0 Å². The van der Waals surface area contributed by atoms with Gasteiger partial charge in [-0.1, -0.05) is 37.3 Å². The molecule has 0 radical (unpaired) electrons. The summed E-state index contributed by atoms with van der Waals surface area (Å²) in [6.45, 7) is 2.02. The van der Waals surface area contributed by atoms with Gasteiger partial charge in [0.1, 0.15) is 0 Å². The van der Waals surface area contributed by atoms with Gasteiger partial charge < -0.3 is 5.73 Å². The Morgan fingerprint density at radius 2 is 1.80 bits per heavy atom. The molecule has 0 aliphatic carbocycles. The third kappa shape index (κ3) is 3.68. The quantitative estimate of drug-likeness (QED) is 0.508. The molecule has 20 heavy (non-hydrogen) atoms. The molecule has 0 aliphatic heterocycles. The van der Waals surface area contributed by atoms with E-state index in [0.717, 1.165) is 5.56 Å². The first-order valence-corrected chi connectivity index (χ1v) is 6.41. The number of hydrogen-bond donors (Lipinski definition) is 2. The van der Waals surface area contributed by atoms with Gasteiger partial charge in [0, 0.05) is 23.4 Å². The van der Waals surface area contributed by atoms with Crippen LogP contribution in [-0.4, -0.2) is 12.1 Å². The Labute approximate surface area is 118 Å². The van der Waals surface area contributed by atoms with Gasteiger partial charge in [0.2, 0.25) is 0 Å². The van der Waals surface area contributed by atoms with Crippen molar-refractivity contribution in [1.29, 1.82) is 0 Å². The number of anilines is 1. The number of amides is 1. The zero-order valence-electron chi connectivity index (χ0n) is 11.3. The van der Waals surface area contributed by atoms with E-state index in [2.05, 4.69) is 10.5 Å². The van der Waals surface area contributed by atoms with Crippen molar-refractivity contribution in [1.82, 2.24) is 5.43 Å². The average molecular weight is 267 g/mol. The van der Waals surface area contributed by atoms with Crippen molar-refractivity contribution in [2.24, 2.45) is 5.10 Å². The van der Waals surface area contributed by atoms with Crippen LogP contribution in [0.3, 0.4) is 0 Å². The van der Waals surface area contributed by atoms with Crippen LogP contribution in [0.4, 0.5) is 5.69 Å². The van der Waals surface area contributed by atoms with Crippen LogP contribution in [-0.2, 0) is 0 Å². The van der Waals surface area contributed by atoms with Gasteiger partial charge in [-0.3, -0.25) is 4.79 Å². The highest BCUT2D eigenvalue weighted by molar-refractivity contribution is 5.94. The first kappa shape index (κ1) is 13.8. The molecule has 0 aromatic heterocycles. The zero-order chi connectivity index (χ0) is 14.4. The number of nitrogens with zero attached hydrogens (tertiary/aromatic N) is 1. The smallest absolute Gasteiger partial charge is 0.271 e. The van der Waals surface area contributed by atoms with E-state index in [0.29, 0.717) is 11.3 Å². The van der Waals surface area contributed by atoms with Crippen molar-refractivity contribution in [2.45, 2.75) is 12.8 Å². The molecule has 1 atom stereocenters. The maximum Gasteiger partial charge on any atom is 0.271 e. The highest BCUT2D eigenvalue weighted by atomic mass is 16.2. The van der Waals surface area contributed by atoms with Crippen LogP contribution in [0.1, 0.15) is 28.8 Å². The highest BCUT2D eigenvalue weighted by Crippen LogP contribution is 2.11. The van der Waals surface area contributed by atoms with E-state index >= 15 is 0 Å². The molecule has 2 rings (SSSR count). The molecule has 0 aliphatic rings. The Morgan fingerprint density at radius 1 is 1.15 bits per heavy atom. The average Bonchev–Trinajstić information content (AvgIpc) is 2.48. The predicted molar refractivity (Wildman–Crippen MR) is 81.7 cm³/mol. The predicted octanol–water partition coefficient (Wildman–Crippen LogP) is 2.79. The lowest BCUT2D eigenvalue weighted by atomic mass is 10.0. The Morgan fingerprint density at radius 3 is 2.45 bits per heavy atom. The number of nitrogens with one attached hydrogen (secondary N) is 1. The Kier molecular flexibility index (Phi) is 4.50. The first-order valence-electron chi connectivity index (χ1n) is 6.41. The Hall–Kier alpha value is -2.62. The van der Waals surface area contributed by atoms with Gasteiger partial charge in [-0.05, 0) is 29.8 Å². The second-order valence-corrected chi connectivity index (χ2v) is 4.54. The summed E-state index contributed by atoms with van der Waals surface area (Å²) < 4.78 is 0. The lowest BCUT2D eigenvalue weighted by Crippen LogP contribution is -2.18. The van der Waals surface area contributed by atoms with E-state index in [1.54, 1.807) is 30.5 Å². The summed E-state index contributed by atoms with van der Waals surface area (Å²) >= 11 is 0. The fourth-order valence-corrected chi connectivity index (χ4v) is 1.75. The Balaban J connectivity index is 1.93. The summed E-state index contributed by atoms with van der Waals surface area (Å²) in [7, 11) is 0. The van der Waals surface area contributed by atoms with Gasteiger partial charge >= 0.3 is 0 Å². The molecule has 3 N–H and O–H groups in total. The van der Waals surface area contributed by atoms with Crippen LogP contribution in [0.5, 0.6) is 0 Å². The van der Waals surface area contributed by atoms with Crippen LogP contribution < -0.4 is 11.2 Å². The van der Waals surface area contributed by atoms with Crippen LogP contribution in [0.2, 0.25) is 0 Å². The Bertz CT molecular complexity index is 591. The lowest BCUT2D eigenvalue weighted by Gasteiger charge is -2.05. The number of hydrazone groups is 1. The number of carbonyl (C=O) groups excluding carboxylic acids is 1. The van der Waals surface area contributed by atoms with E-state index in [1.165, 1.54) is 0 Å². The number of nitrogen functional groups attached to an aromatic ring is 1. The fraction of sp³-hybridized carbons (Fsp3) is 0.125. The SMILES string of the molecule is C[C@@H](/C=N\NC(=O)c1ccc(N)cc1)c1ccccc1. The van der Waals surface area contributed by atoms with Gasteiger partial charge in [-0.2, -0.15) is 5.10 Å². The molecule has 0 saturated carbocycles. The monoisotopic (exact) mass is 267 g/mol. The van der Waals surface area contributed by atoms with E-state index in [1.807, 2.05) is 37.3 Å². The molecule has 0 fully saturated rings. The van der Waals surface area contributed by atoms with Crippen molar-refractivity contribution in [2.75, 3.05) is 5.73 Å². The van der Waals surface area contributed by atoms with Gasteiger partial charge in [0.05, 0.1) is 0 Å². The van der Waals surface area contributed by atoms with Crippen LogP contribution in [0.15, 0.2) is 59.7 Å². The molecule has 0 spiro atoms. The molecule has 0 heterocycles. The molecular formula is C16H17N3O. The molecule has 0 unspecified atom stereocenters. The topological polar surface area (TPSA) is 67.5 Å². The highest BCUT2D eigenvalue weighted by Gasteiger charge is 2.04. The number of carbonyl (C=O) groups is 1. The molecule has 0 saturated heterocycles. The van der Waals surface area contributed by atoms with Crippen LogP contribution >= 0.6 is 0 Å².